The number of aryl methyl sites for hydroxylation is 1. The van der Waals surface area contributed by atoms with E-state index in [0.717, 1.165) is 42.7 Å². The molecule has 6 nitrogen and oxygen atoms in total. The lowest BCUT2D eigenvalue weighted by Gasteiger charge is -2.35. The number of piperazine rings is 1. The number of carbonyl (C=O) groups excluding carboxylic acids is 1. The fraction of sp³-hybridized carbons (Fsp3) is 0.421. The Morgan fingerprint density at radius 1 is 1.15 bits per heavy atom. The number of nitrogens with zero attached hydrogens (tertiary/aromatic N) is 4. The minimum absolute atomic E-state index is 0.144. The first-order valence-electron chi connectivity index (χ1n) is 8.92. The molecule has 0 bridgehead atoms. The van der Waals surface area contributed by atoms with Crippen molar-refractivity contribution in [3.8, 4) is 0 Å². The van der Waals surface area contributed by atoms with Crippen molar-refractivity contribution in [2.75, 3.05) is 42.9 Å². The Hall–Kier alpha value is -2.34. The molecule has 1 aliphatic heterocycles. The highest BCUT2D eigenvalue weighted by Gasteiger charge is 2.23. The predicted molar refractivity (Wildman–Crippen MR) is 105 cm³/mol. The van der Waals surface area contributed by atoms with Gasteiger partial charge in [-0.1, -0.05) is 23.7 Å². The highest BCUT2D eigenvalue weighted by molar-refractivity contribution is 6.30. The van der Waals surface area contributed by atoms with Crippen molar-refractivity contribution in [1.82, 2.24) is 14.9 Å². The van der Waals surface area contributed by atoms with Crippen molar-refractivity contribution in [1.29, 1.82) is 0 Å². The van der Waals surface area contributed by atoms with Gasteiger partial charge in [-0.3, -0.25) is 4.79 Å². The number of anilines is 2. The van der Waals surface area contributed by atoms with Crippen LogP contribution in [0.15, 0.2) is 30.3 Å². The fourth-order valence-corrected chi connectivity index (χ4v) is 3.14. The summed E-state index contributed by atoms with van der Waals surface area (Å²) in [6, 6.07) is 9.38. The second kappa shape index (κ2) is 8.36. The third-order valence-electron chi connectivity index (χ3n) is 4.38. The highest BCUT2D eigenvalue weighted by atomic mass is 35.5. The molecule has 0 aliphatic carbocycles. The van der Waals surface area contributed by atoms with Gasteiger partial charge in [0.15, 0.2) is 0 Å². The number of aromatic nitrogens is 2. The van der Waals surface area contributed by atoms with Crippen LogP contribution in [0.1, 0.15) is 18.2 Å². The monoisotopic (exact) mass is 373 g/mol. The van der Waals surface area contributed by atoms with Gasteiger partial charge in [0.2, 0.25) is 11.9 Å². The van der Waals surface area contributed by atoms with E-state index in [-0.39, 0.29) is 5.91 Å². The zero-order valence-electron chi connectivity index (χ0n) is 15.2. The first kappa shape index (κ1) is 18.5. The molecule has 1 amide bonds. The van der Waals surface area contributed by atoms with Gasteiger partial charge in [0, 0.05) is 49.5 Å². The van der Waals surface area contributed by atoms with E-state index in [4.69, 9.17) is 11.6 Å². The number of hydrogen-bond acceptors (Lipinski definition) is 5. The molecule has 1 aliphatic rings. The summed E-state index contributed by atoms with van der Waals surface area (Å²) in [4.78, 5) is 25.7. The van der Waals surface area contributed by atoms with Gasteiger partial charge in [-0.15, -0.1) is 0 Å². The van der Waals surface area contributed by atoms with E-state index in [0.29, 0.717) is 24.5 Å². The number of halogens is 1. The minimum Gasteiger partial charge on any atom is -0.370 e. The Labute approximate surface area is 159 Å². The lowest BCUT2D eigenvalue weighted by Crippen LogP contribution is -2.49. The molecule has 0 unspecified atom stereocenters. The molecule has 0 saturated carbocycles. The highest BCUT2D eigenvalue weighted by Crippen LogP contribution is 2.17. The summed E-state index contributed by atoms with van der Waals surface area (Å²) in [6.07, 6.45) is 0.405. The third kappa shape index (κ3) is 4.64. The maximum atomic E-state index is 12.5. The zero-order valence-corrected chi connectivity index (χ0v) is 16.0. The van der Waals surface area contributed by atoms with E-state index in [1.807, 2.05) is 49.1 Å². The van der Waals surface area contributed by atoms with Crippen molar-refractivity contribution in [3.63, 3.8) is 0 Å². The van der Waals surface area contributed by atoms with Gasteiger partial charge in [-0.2, -0.15) is 4.98 Å². The van der Waals surface area contributed by atoms with Gasteiger partial charge in [-0.05, 0) is 31.5 Å². The van der Waals surface area contributed by atoms with Crippen LogP contribution in [0.4, 0.5) is 11.8 Å². The van der Waals surface area contributed by atoms with E-state index in [9.17, 15) is 4.79 Å². The van der Waals surface area contributed by atoms with Crippen LogP contribution >= 0.6 is 11.6 Å². The van der Waals surface area contributed by atoms with Crippen LogP contribution in [0.3, 0.4) is 0 Å². The number of rotatable bonds is 5. The summed E-state index contributed by atoms with van der Waals surface area (Å²) >= 11 is 5.90. The Balaban J connectivity index is 1.58. The number of amides is 1. The average molecular weight is 374 g/mol. The van der Waals surface area contributed by atoms with Gasteiger partial charge in [0.25, 0.3) is 0 Å². The Morgan fingerprint density at radius 3 is 2.50 bits per heavy atom. The molecular formula is C19H24ClN5O. The summed E-state index contributed by atoms with van der Waals surface area (Å²) in [5.74, 6) is 1.72. The van der Waals surface area contributed by atoms with E-state index in [1.54, 1.807) is 0 Å². The Bertz CT molecular complexity index is 757. The van der Waals surface area contributed by atoms with Crippen molar-refractivity contribution in [2.24, 2.45) is 0 Å². The van der Waals surface area contributed by atoms with E-state index >= 15 is 0 Å². The summed E-state index contributed by atoms with van der Waals surface area (Å²) in [5, 5.41) is 3.92. The quantitative estimate of drug-likeness (QED) is 0.873. The molecule has 26 heavy (non-hydrogen) atoms. The average Bonchev–Trinajstić information content (AvgIpc) is 2.63. The SMILES string of the molecule is CCNc1cc(C)nc(N2CCN(C(=O)Cc3ccc(Cl)cc3)CC2)n1. The largest absolute Gasteiger partial charge is 0.370 e. The molecule has 0 atom stereocenters. The molecule has 2 heterocycles. The van der Waals surface area contributed by atoms with Crippen LogP contribution < -0.4 is 10.2 Å². The Morgan fingerprint density at radius 2 is 1.85 bits per heavy atom. The van der Waals surface area contributed by atoms with Crippen LogP contribution in [0.2, 0.25) is 5.02 Å². The molecule has 1 saturated heterocycles. The third-order valence-corrected chi connectivity index (χ3v) is 4.64. The minimum atomic E-state index is 0.144. The topological polar surface area (TPSA) is 61.4 Å². The number of benzene rings is 1. The van der Waals surface area contributed by atoms with Crippen LogP contribution in [0.5, 0.6) is 0 Å². The second-order valence-corrected chi connectivity index (χ2v) is 6.83. The molecule has 7 heteroatoms. The summed E-state index contributed by atoms with van der Waals surface area (Å²) < 4.78 is 0. The normalized spacial score (nSPS) is 14.4. The fourth-order valence-electron chi connectivity index (χ4n) is 3.01. The van der Waals surface area contributed by atoms with Gasteiger partial charge in [-0.25, -0.2) is 4.98 Å². The molecule has 0 spiro atoms. The maximum absolute atomic E-state index is 12.5. The molecule has 1 aromatic heterocycles. The smallest absolute Gasteiger partial charge is 0.227 e. The maximum Gasteiger partial charge on any atom is 0.227 e. The van der Waals surface area contributed by atoms with Crippen molar-refractivity contribution in [3.05, 3.63) is 46.6 Å². The zero-order chi connectivity index (χ0) is 18.5. The van der Waals surface area contributed by atoms with Gasteiger partial charge < -0.3 is 15.1 Å². The summed E-state index contributed by atoms with van der Waals surface area (Å²) in [6.45, 7) is 7.67. The number of carbonyl (C=O) groups is 1. The first-order valence-corrected chi connectivity index (χ1v) is 9.29. The number of hydrogen-bond donors (Lipinski definition) is 1. The molecule has 1 aromatic carbocycles. The summed E-state index contributed by atoms with van der Waals surface area (Å²) in [7, 11) is 0. The van der Waals surface area contributed by atoms with Crippen molar-refractivity contribution < 1.29 is 4.79 Å². The second-order valence-electron chi connectivity index (χ2n) is 6.40. The van der Waals surface area contributed by atoms with Gasteiger partial charge in [0.1, 0.15) is 5.82 Å². The van der Waals surface area contributed by atoms with Crippen LogP contribution in [0.25, 0.3) is 0 Å². The van der Waals surface area contributed by atoms with Crippen LogP contribution in [-0.4, -0.2) is 53.5 Å². The summed E-state index contributed by atoms with van der Waals surface area (Å²) in [5.41, 5.74) is 1.92. The van der Waals surface area contributed by atoms with Crippen molar-refractivity contribution in [2.45, 2.75) is 20.3 Å². The van der Waals surface area contributed by atoms with Crippen LogP contribution in [-0.2, 0) is 11.2 Å². The predicted octanol–water partition coefficient (Wildman–Crippen LogP) is 2.76. The first-order chi connectivity index (χ1) is 12.5. The molecule has 3 rings (SSSR count). The molecular weight excluding hydrogens is 350 g/mol. The van der Waals surface area contributed by atoms with E-state index in [1.165, 1.54) is 0 Å². The standard InChI is InChI=1S/C19H24ClN5O/c1-3-21-17-12-14(2)22-19(23-17)25-10-8-24(9-11-25)18(26)13-15-4-6-16(20)7-5-15/h4-7,12H,3,8-11,13H2,1-2H3,(H,21,22,23). The lowest BCUT2D eigenvalue weighted by atomic mass is 10.1. The van der Waals surface area contributed by atoms with E-state index < -0.39 is 0 Å². The molecule has 138 valence electrons. The lowest BCUT2D eigenvalue weighted by molar-refractivity contribution is -0.130. The van der Waals surface area contributed by atoms with E-state index in [2.05, 4.69) is 20.2 Å². The van der Waals surface area contributed by atoms with Crippen molar-refractivity contribution >= 4 is 29.3 Å². The molecule has 1 N–H and O–H groups in total. The molecule has 0 radical (unpaired) electrons. The Kier molecular flexibility index (Phi) is 5.93. The molecule has 2 aromatic rings. The van der Waals surface area contributed by atoms with Gasteiger partial charge in [0.05, 0.1) is 6.42 Å². The number of nitrogens with one attached hydrogen (secondary N) is 1. The molecule has 1 fully saturated rings. The van der Waals surface area contributed by atoms with Gasteiger partial charge >= 0.3 is 0 Å². The van der Waals surface area contributed by atoms with Crippen LogP contribution in [0, 0.1) is 6.92 Å².